The molecule has 1 fully saturated rings. The summed E-state index contributed by atoms with van der Waals surface area (Å²) in [7, 11) is 0. The van der Waals surface area contributed by atoms with Gasteiger partial charge in [-0.25, -0.2) is 0 Å². The van der Waals surface area contributed by atoms with Crippen molar-refractivity contribution in [1.29, 1.82) is 0 Å². The zero-order valence-corrected chi connectivity index (χ0v) is 11.2. The van der Waals surface area contributed by atoms with Crippen molar-refractivity contribution in [1.82, 2.24) is 0 Å². The van der Waals surface area contributed by atoms with E-state index in [1.165, 1.54) is 20.5 Å². The molecule has 3 unspecified atom stereocenters. The maximum atomic E-state index is 11.0. The molecule has 4 rings (SSSR count). The summed E-state index contributed by atoms with van der Waals surface area (Å²) in [5.74, 6) is -0.715. The first-order valence-corrected chi connectivity index (χ1v) is 7.42. The molecule has 1 N–H and O–H groups in total. The van der Waals surface area contributed by atoms with E-state index in [4.69, 9.17) is 9.84 Å². The molecule has 1 aromatic carbocycles. The zero-order chi connectivity index (χ0) is 13.0. The Morgan fingerprint density at radius 2 is 2.21 bits per heavy atom. The van der Waals surface area contributed by atoms with Crippen LogP contribution in [-0.2, 0) is 16.0 Å². The minimum atomic E-state index is -0.679. The first-order valence-electron chi connectivity index (χ1n) is 6.60. The molecular formula is C15H14O3S. The largest absolute Gasteiger partial charge is 0.481 e. The van der Waals surface area contributed by atoms with Crippen molar-refractivity contribution in [3.63, 3.8) is 0 Å². The Labute approximate surface area is 114 Å². The minimum Gasteiger partial charge on any atom is -0.481 e. The Hall–Kier alpha value is -1.39. The fourth-order valence-electron chi connectivity index (χ4n) is 3.12. The van der Waals surface area contributed by atoms with E-state index in [1.807, 2.05) is 0 Å². The normalized spacial score (nSPS) is 29.2. The smallest absolute Gasteiger partial charge is 0.306 e. The second-order valence-electron chi connectivity index (χ2n) is 5.33. The summed E-state index contributed by atoms with van der Waals surface area (Å²) in [4.78, 5) is 12.3. The predicted molar refractivity (Wildman–Crippen MR) is 73.5 cm³/mol. The van der Waals surface area contributed by atoms with Crippen LogP contribution in [0.5, 0.6) is 0 Å². The summed E-state index contributed by atoms with van der Waals surface area (Å²) in [6, 6.07) is 8.42. The first-order chi connectivity index (χ1) is 9.25. The lowest BCUT2D eigenvalue weighted by Crippen LogP contribution is -2.17. The summed E-state index contributed by atoms with van der Waals surface area (Å²) in [6.07, 6.45) is 1.70. The third kappa shape index (κ3) is 1.70. The number of rotatable bonds is 2. The second kappa shape index (κ2) is 4.05. The molecule has 0 spiro atoms. The van der Waals surface area contributed by atoms with Gasteiger partial charge in [-0.1, -0.05) is 18.2 Å². The van der Waals surface area contributed by atoms with Gasteiger partial charge < -0.3 is 9.84 Å². The molecule has 0 radical (unpaired) electrons. The number of carboxylic acid groups (broad SMARTS) is 1. The summed E-state index contributed by atoms with van der Waals surface area (Å²) in [5.41, 5.74) is 1.38. The monoisotopic (exact) mass is 274 g/mol. The average molecular weight is 274 g/mol. The highest BCUT2D eigenvalue weighted by Gasteiger charge is 2.50. The molecule has 1 aliphatic carbocycles. The quantitative estimate of drug-likeness (QED) is 0.914. The molecule has 0 amide bonds. The highest BCUT2D eigenvalue weighted by molar-refractivity contribution is 7.19. The van der Waals surface area contributed by atoms with Crippen molar-refractivity contribution in [3.05, 3.63) is 34.7 Å². The van der Waals surface area contributed by atoms with Crippen LogP contribution in [-0.4, -0.2) is 17.7 Å². The topological polar surface area (TPSA) is 46.5 Å². The Morgan fingerprint density at radius 1 is 1.37 bits per heavy atom. The van der Waals surface area contributed by atoms with Gasteiger partial charge in [0.2, 0.25) is 0 Å². The summed E-state index contributed by atoms with van der Waals surface area (Å²) < 4.78 is 7.17. The van der Waals surface area contributed by atoms with Gasteiger partial charge in [0, 0.05) is 15.5 Å². The maximum absolute atomic E-state index is 11.0. The maximum Gasteiger partial charge on any atom is 0.306 e. The SMILES string of the molecule is O=C(O)C1CC1C1OCCc2c1sc1ccccc21. The van der Waals surface area contributed by atoms with Gasteiger partial charge in [-0.05, 0) is 29.9 Å². The summed E-state index contributed by atoms with van der Waals surface area (Å²) in [6.45, 7) is 0.710. The molecular weight excluding hydrogens is 260 g/mol. The van der Waals surface area contributed by atoms with Gasteiger partial charge >= 0.3 is 5.97 Å². The van der Waals surface area contributed by atoms with E-state index < -0.39 is 5.97 Å². The van der Waals surface area contributed by atoms with E-state index in [0.29, 0.717) is 6.61 Å². The van der Waals surface area contributed by atoms with Crippen LogP contribution in [0, 0.1) is 11.8 Å². The molecule has 2 aliphatic rings. The predicted octanol–water partition coefficient (Wildman–Crippen LogP) is 3.24. The number of ether oxygens (including phenoxy) is 1. The van der Waals surface area contributed by atoms with Crippen molar-refractivity contribution in [2.45, 2.75) is 18.9 Å². The van der Waals surface area contributed by atoms with Crippen LogP contribution in [0.2, 0.25) is 0 Å². The van der Waals surface area contributed by atoms with E-state index >= 15 is 0 Å². The van der Waals surface area contributed by atoms with Crippen LogP contribution in [0.3, 0.4) is 0 Å². The lowest BCUT2D eigenvalue weighted by Gasteiger charge is -2.23. The van der Waals surface area contributed by atoms with Crippen LogP contribution < -0.4 is 0 Å². The second-order valence-corrected chi connectivity index (χ2v) is 6.41. The standard InChI is InChI=1S/C15H14O3S/c16-15(17)11-7-10(11)13-14-9(5-6-18-13)8-3-1-2-4-12(8)19-14/h1-4,10-11,13H,5-7H2,(H,16,17). The van der Waals surface area contributed by atoms with E-state index in [9.17, 15) is 4.79 Å². The fraction of sp³-hybridized carbons (Fsp3) is 0.400. The van der Waals surface area contributed by atoms with Gasteiger partial charge in [-0.2, -0.15) is 0 Å². The van der Waals surface area contributed by atoms with E-state index in [2.05, 4.69) is 24.3 Å². The Morgan fingerprint density at radius 3 is 3.00 bits per heavy atom. The van der Waals surface area contributed by atoms with Crippen LogP contribution in [0.15, 0.2) is 24.3 Å². The number of benzene rings is 1. The van der Waals surface area contributed by atoms with Crippen molar-refractivity contribution >= 4 is 27.4 Å². The van der Waals surface area contributed by atoms with Gasteiger partial charge in [0.05, 0.1) is 18.6 Å². The van der Waals surface area contributed by atoms with E-state index in [0.717, 1.165) is 12.8 Å². The molecule has 1 saturated carbocycles. The zero-order valence-electron chi connectivity index (χ0n) is 10.3. The number of carbonyl (C=O) groups is 1. The molecule has 19 heavy (non-hydrogen) atoms. The van der Waals surface area contributed by atoms with Gasteiger partial charge in [-0.15, -0.1) is 11.3 Å². The number of carboxylic acids is 1. The highest BCUT2D eigenvalue weighted by atomic mass is 32.1. The molecule has 98 valence electrons. The molecule has 3 nitrogen and oxygen atoms in total. The average Bonchev–Trinajstić information content (AvgIpc) is 3.13. The van der Waals surface area contributed by atoms with Gasteiger partial charge in [0.15, 0.2) is 0 Å². The number of thiophene rings is 1. The number of fused-ring (bicyclic) bond motifs is 3. The lowest BCUT2D eigenvalue weighted by atomic mass is 10.00. The van der Waals surface area contributed by atoms with Crippen LogP contribution in [0.1, 0.15) is 23.0 Å². The fourth-order valence-corrected chi connectivity index (χ4v) is 4.50. The highest BCUT2D eigenvalue weighted by Crippen LogP contribution is 2.53. The molecule has 2 aromatic rings. The number of hydrogen-bond donors (Lipinski definition) is 1. The van der Waals surface area contributed by atoms with Crippen molar-refractivity contribution < 1.29 is 14.6 Å². The molecule has 0 saturated heterocycles. The first kappa shape index (κ1) is 11.4. The minimum absolute atomic E-state index is 0.00208. The van der Waals surface area contributed by atoms with Crippen LogP contribution in [0.4, 0.5) is 0 Å². The molecule has 1 aliphatic heterocycles. The van der Waals surface area contributed by atoms with Crippen molar-refractivity contribution in [3.8, 4) is 0 Å². The third-order valence-corrected chi connectivity index (χ3v) is 5.46. The van der Waals surface area contributed by atoms with Crippen molar-refractivity contribution in [2.24, 2.45) is 11.8 Å². The number of hydrogen-bond acceptors (Lipinski definition) is 3. The third-order valence-electron chi connectivity index (χ3n) is 4.18. The van der Waals surface area contributed by atoms with Crippen molar-refractivity contribution in [2.75, 3.05) is 6.61 Å². The number of aliphatic carboxylic acids is 1. The Bertz CT molecular complexity index is 660. The molecule has 2 heterocycles. The molecule has 3 atom stereocenters. The summed E-state index contributed by atoms with van der Waals surface area (Å²) in [5, 5.41) is 10.4. The summed E-state index contributed by atoms with van der Waals surface area (Å²) >= 11 is 1.77. The molecule has 4 heteroatoms. The van der Waals surface area contributed by atoms with Gasteiger partial charge in [-0.3, -0.25) is 4.79 Å². The Kier molecular flexibility index (Phi) is 2.44. The van der Waals surface area contributed by atoms with E-state index in [-0.39, 0.29) is 17.9 Å². The van der Waals surface area contributed by atoms with E-state index in [1.54, 1.807) is 11.3 Å². The lowest BCUT2D eigenvalue weighted by molar-refractivity contribution is -0.139. The Balaban J connectivity index is 1.77. The molecule has 0 bridgehead atoms. The van der Waals surface area contributed by atoms with Gasteiger partial charge in [0.25, 0.3) is 0 Å². The van der Waals surface area contributed by atoms with Gasteiger partial charge in [0.1, 0.15) is 0 Å². The van der Waals surface area contributed by atoms with Crippen LogP contribution in [0.25, 0.3) is 10.1 Å². The molecule has 1 aromatic heterocycles. The van der Waals surface area contributed by atoms with Crippen LogP contribution >= 0.6 is 11.3 Å².